The van der Waals surface area contributed by atoms with Gasteiger partial charge in [-0.2, -0.15) is 0 Å². The first kappa shape index (κ1) is 16.5. The van der Waals surface area contributed by atoms with Crippen LogP contribution in [0.15, 0.2) is 54.7 Å². The predicted octanol–water partition coefficient (Wildman–Crippen LogP) is 3.65. The second-order valence-corrected chi connectivity index (χ2v) is 6.90. The molecule has 1 N–H and O–H groups in total. The first-order valence-corrected chi connectivity index (χ1v) is 8.87. The van der Waals surface area contributed by atoms with Crippen molar-refractivity contribution in [2.24, 2.45) is 0 Å². The molecule has 26 heavy (non-hydrogen) atoms. The molecular formula is C19H15FN2O3S. The van der Waals surface area contributed by atoms with Crippen molar-refractivity contribution >= 4 is 22.4 Å². The average molecular weight is 370 g/mol. The van der Waals surface area contributed by atoms with Crippen molar-refractivity contribution in [3.63, 3.8) is 0 Å². The number of halogens is 1. The van der Waals surface area contributed by atoms with Gasteiger partial charge in [0, 0.05) is 17.5 Å². The van der Waals surface area contributed by atoms with E-state index in [4.69, 9.17) is 9.47 Å². The normalized spacial score (nSPS) is 15.5. The number of carbonyl (C=O) groups is 1. The number of hydrogen-bond acceptors (Lipinski definition) is 5. The van der Waals surface area contributed by atoms with Crippen LogP contribution in [0.25, 0.3) is 0 Å². The summed E-state index contributed by atoms with van der Waals surface area (Å²) >= 11 is 1.38. The molecule has 3 aromatic rings. The number of nitrogens with one attached hydrogen (secondary N) is 1. The highest BCUT2D eigenvalue weighted by atomic mass is 32.1. The lowest BCUT2D eigenvalue weighted by molar-refractivity contribution is -0.125. The molecule has 1 aliphatic rings. The summed E-state index contributed by atoms with van der Waals surface area (Å²) in [6.07, 6.45) is 1.61. The molecule has 2 aromatic carbocycles. The maximum Gasteiger partial charge on any atom is 0.270 e. The first-order chi connectivity index (χ1) is 12.7. The zero-order chi connectivity index (χ0) is 17.9. The number of benzene rings is 2. The fourth-order valence-electron chi connectivity index (χ4n) is 2.59. The van der Waals surface area contributed by atoms with Crippen LogP contribution in [0.5, 0.6) is 11.5 Å². The Morgan fingerprint density at radius 3 is 2.77 bits per heavy atom. The molecule has 132 valence electrons. The van der Waals surface area contributed by atoms with Gasteiger partial charge in [0.05, 0.1) is 0 Å². The van der Waals surface area contributed by atoms with E-state index in [1.807, 2.05) is 12.1 Å². The van der Waals surface area contributed by atoms with Gasteiger partial charge in [0.15, 0.2) is 16.6 Å². The van der Waals surface area contributed by atoms with Gasteiger partial charge in [-0.1, -0.05) is 24.3 Å². The highest BCUT2D eigenvalue weighted by molar-refractivity contribution is 7.15. The van der Waals surface area contributed by atoms with Crippen molar-refractivity contribution in [2.45, 2.75) is 12.5 Å². The van der Waals surface area contributed by atoms with E-state index in [0.717, 1.165) is 10.4 Å². The Hall–Kier alpha value is -2.93. The van der Waals surface area contributed by atoms with Crippen LogP contribution in [-0.4, -0.2) is 23.6 Å². The van der Waals surface area contributed by atoms with E-state index in [-0.39, 0.29) is 18.3 Å². The number of carbonyl (C=O) groups excluding carboxylic acids is 1. The van der Waals surface area contributed by atoms with E-state index in [9.17, 15) is 9.18 Å². The summed E-state index contributed by atoms with van der Waals surface area (Å²) in [6.45, 7) is 0.149. The van der Waals surface area contributed by atoms with Gasteiger partial charge in [-0.3, -0.25) is 10.1 Å². The minimum absolute atomic E-state index is 0.149. The van der Waals surface area contributed by atoms with E-state index >= 15 is 0 Å². The Bertz CT molecular complexity index is 927. The number of rotatable bonds is 4. The third-order valence-electron chi connectivity index (χ3n) is 3.88. The van der Waals surface area contributed by atoms with Gasteiger partial charge in [0.2, 0.25) is 6.10 Å². The molecule has 1 aliphatic heterocycles. The van der Waals surface area contributed by atoms with Crippen LogP contribution in [0.1, 0.15) is 10.4 Å². The number of aromatic nitrogens is 1. The SMILES string of the molecule is O=C(Nc1ncc(Cc2ccc(F)cc2)s1)[C@H]1COc2ccccc2O1. The summed E-state index contributed by atoms with van der Waals surface area (Å²) in [4.78, 5) is 17.6. The molecule has 0 radical (unpaired) electrons. The standard InChI is InChI=1S/C19H15FN2O3S/c20-13-7-5-12(6-8-13)9-14-10-21-19(26-14)22-18(23)17-11-24-15-3-1-2-4-16(15)25-17/h1-8,10,17H,9,11H2,(H,21,22,23)/t17-/m1/s1. The van der Waals surface area contributed by atoms with Crippen molar-refractivity contribution in [2.75, 3.05) is 11.9 Å². The smallest absolute Gasteiger partial charge is 0.270 e. The molecule has 5 nitrogen and oxygen atoms in total. The number of para-hydroxylation sites is 2. The van der Waals surface area contributed by atoms with Crippen LogP contribution in [0.4, 0.5) is 9.52 Å². The summed E-state index contributed by atoms with van der Waals surface area (Å²) in [6, 6.07) is 13.6. The number of thiazole rings is 1. The fourth-order valence-corrected chi connectivity index (χ4v) is 3.43. The molecule has 0 bridgehead atoms. The predicted molar refractivity (Wildman–Crippen MR) is 96.3 cm³/mol. The highest BCUT2D eigenvalue weighted by Crippen LogP contribution is 2.31. The average Bonchev–Trinajstić information content (AvgIpc) is 3.10. The van der Waals surface area contributed by atoms with Crippen molar-refractivity contribution < 1.29 is 18.7 Å². The quantitative estimate of drug-likeness (QED) is 0.762. The Morgan fingerprint density at radius 2 is 1.96 bits per heavy atom. The molecule has 0 saturated carbocycles. The fraction of sp³-hybridized carbons (Fsp3) is 0.158. The molecule has 0 saturated heterocycles. The van der Waals surface area contributed by atoms with E-state index in [1.165, 1.54) is 23.5 Å². The van der Waals surface area contributed by atoms with Crippen LogP contribution in [0, 0.1) is 5.82 Å². The Labute approximate surface area is 153 Å². The summed E-state index contributed by atoms with van der Waals surface area (Å²) in [5, 5.41) is 3.26. The Kier molecular flexibility index (Phi) is 4.53. The van der Waals surface area contributed by atoms with Crippen molar-refractivity contribution in [1.82, 2.24) is 4.98 Å². The molecule has 7 heteroatoms. The van der Waals surface area contributed by atoms with E-state index in [1.54, 1.807) is 30.5 Å². The molecule has 0 spiro atoms. The lowest BCUT2D eigenvalue weighted by Crippen LogP contribution is -2.40. The van der Waals surface area contributed by atoms with Crippen LogP contribution in [-0.2, 0) is 11.2 Å². The van der Waals surface area contributed by atoms with Crippen molar-refractivity contribution in [3.05, 3.63) is 71.0 Å². The van der Waals surface area contributed by atoms with Gasteiger partial charge in [0.1, 0.15) is 12.4 Å². The minimum Gasteiger partial charge on any atom is -0.485 e. The molecule has 0 unspecified atom stereocenters. The number of amides is 1. The first-order valence-electron chi connectivity index (χ1n) is 8.06. The van der Waals surface area contributed by atoms with Crippen molar-refractivity contribution in [1.29, 1.82) is 0 Å². The summed E-state index contributed by atoms with van der Waals surface area (Å²) in [5.74, 6) is 0.617. The lowest BCUT2D eigenvalue weighted by Gasteiger charge is -2.25. The van der Waals surface area contributed by atoms with E-state index < -0.39 is 6.10 Å². The summed E-state index contributed by atoms with van der Waals surface area (Å²) in [7, 11) is 0. The van der Waals surface area contributed by atoms with Crippen LogP contribution >= 0.6 is 11.3 Å². The Morgan fingerprint density at radius 1 is 1.19 bits per heavy atom. The van der Waals surface area contributed by atoms with Crippen LogP contribution < -0.4 is 14.8 Å². The van der Waals surface area contributed by atoms with Gasteiger partial charge in [0.25, 0.3) is 5.91 Å². The number of fused-ring (bicyclic) bond motifs is 1. The van der Waals surface area contributed by atoms with Crippen molar-refractivity contribution in [3.8, 4) is 11.5 Å². The molecule has 1 amide bonds. The molecule has 1 atom stereocenters. The van der Waals surface area contributed by atoms with E-state index in [2.05, 4.69) is 10.3 Å². The second kappa shape index (κ2) is 7.13. The highest BCUT2D eigenvalue weighted by Gasteiger charge is 2.27. The maximum atomic E-state index is 13.0. The summed E-state index contributed by atoms with van der Waals surface area (Å²) in [5.41, 5.74) is 0.980. The number of anilines is 1. The van der Waals surface area contributed by atoms with Gasteiger partial charge < -0.3 is 9.47 Å². The Balaban J connectivity index is 1.38. The molecule has 2 heterocycles. The molecule has 4 rings (SSSR count). The molecule has 0 aliphatic carbocycles. The van der Waals surface area contributed by atoms with Crippen LogP contribution in [0.2, 0.25) is 0 Å². The van der Waals surface area contributed by atoms with E-state index in [0.29, 0.717) is 23.1 Å². The number of ether oxygens (including phenoxy) is 2. The summed E-state index contributed by atoms with van der Waals surface area (Å²) < 4.78 is 24.2. The third kappa shape index (κ3) is 3.67. The minimum atomic E-state index is -0.727. The molecule has 0 fully saturated rings. The monoisotopic (exact) mass is 370 g/mol. The zero-order valence-electron chi connectivity index (χ0n) is 13.6. The topological polar surface area (TPSA) is 60.5 Å². The molecular weight excluding hydrogens is 355 g/mol. The van der Waals surface area contributed by atoms with Gasteiger partial charge in [-0.25, -0.2) is 9.37 Å². The van der Waals surface area contributed by atoms with Gasteiger partial charge in [-0.15, -0.1) is 11.3 Å². The number of nitrogens with zero attached hydrogens (tertiary/aromatic N) is 1. The van der Waals surface area contributed by atoms with Gasteiger partial charge >= 0.3 is 0 Å². The maximum absolute atomic E-state index is 13.0. The van der Waals surface area contributed by atoms with Gasteiger partial charge in [-0.05, 0) is 29.8 Å². The molecule has 1 aromatic heterocycles. The second-order valence-electron chi connectivity index (χ2n) is 5.79. The zero-order valence-corrected chi connectivity index (χ0v) is 14.5. The number of hydrogen-bond donors (Lipinski definition) is 1. The largest absolute Gasteiger partial charge is 0.485 e. The lowest BCUT2D eigenvalue weighted by atomic mass is 10.1. The third-order valence-corrected chi connectivity index (χ3v) is 4.79. The van der Waals surface area contributed by atoms with Crippen LogP contribution in [0.3, 0.4) is 0 Å².